The Balaban J connectivity index is 1.45. The third-order valence-electron chi connectivity index (χ3n) is 8.81. The molecule has 3 rings (SSSR count). The highest BCUT2D eigenvalue weighted by molar-refractivity contribution is 7.81. The van der Waals surface area contributed by atoms with Crippen molar-refractivity contribution >= 4 is 20.6 Å². The van der Waals surface area contributed by atoms with E-state index in [2.05, 4.69) is 32.7 Å². The molecule has 0 amide bonds. The zero-order valence-corrected chi connectivity index (χ0v) is 21.5. The molecule has 3 aliphatic rings. The number of allylic oxidation sites excluding steroid dienone is 2. The number of hydrogen-bond donors (Lipinski definition) is 1. The number of rotatable bonds is 14. The van der Waals surface area contributed by atoms with Crippen molar-refractivity contribution in [2.24, 2.45) is 29.6 Å². The predicted molar refractivity (Wildman–Crippen MR) is 137 cm³/mol. The maximum absolute atomic E-state index is 4.96. The van der Waals surface area contributed by atoms with Gasteiger partial charge in [-0.25, -0.2) is 0 Å². The first-order chi connectivity index (χ1) is 14.1. The lowest BCUT2D eigenvalue weighted by Gasteiger charge is -2.48. The van der Waals surface area contributed by atoms with E-state index in [0.717, 1.165) is 35.2 Å². The van der Waals surface area contributed by atoms with Crippen molar-refractivity contribution in [3.8, 4) is 0 Å². The summed E-state index contributed by atoms with van der Waals surface area (Å²) in [7, 11) is 0.254. The molecule has 29 heavy (non-hydrogen) atoms. The summed E-state index contributed by atoms with van der Waals surface area (Å²) in [6, 6.07) is 0. The Bertz CT molecular complexity index is 481. The molecule has 6 unspecified atom stereocenters. The fourth-order valence-corrected chi connectivity index (χ4v) is 9.74. The molecule has 0 aliphatic heterocycles. The number of hydrogen-bond acceptors (Lipinski definition) is 1. The van der Waals surface area contributed by atoms with Crippen molar-refractivity contribution in [1.82, 2.24) is 0 Å². The van der Waals surface area contributed by atoms with Crippen LogP contribution in [0.25, 0.3) is 0 Å². The lowest BCUT2D eigenvalue weighted by atomic mass is 9.67. The zero-order valence-electron chi connectivity index (χ0n) is 19.7. The Morgan fingerprint density at radius 2 is 1.83 bits per heavy atom. The van der Waals surface area contributed by atoms with E-state index in [-0.39, 0.29) is 7.92 Å². The fourth-order valence-electron chi connectivity index (χ4n) is 6.01. The molecule has 0 spiro atoms. The summed E-state index contributed by atoms with van der Waals surface area (Å²) in [6.45, 7) is 7.36. The highest BCUT2D eigenvalue weighted by Gasteiger charge is 2.42. The van der Waals surface area contributed by atoms with Crippen LogP contribution >= 0.6 is 20.6 Å². The quantitative estimate of drug-likeness (QED) is 0.157. The lowest BCUT2D eigenvalue weighted by Crippen LogP contribution is -2.41. The van der Waals surface area contributed by atoms with Crippen LogP contribution in [0.3, 0.4) is 0 Å². The molecule has 0 aromatic rings. The first kappa shape index (κ1) is 24.2. The highest BCUT2D eigenvalue weighted by Crippen LogP contribution is 2.56. The number of unbranched alkanes of at least 4 members (excludes halogenated alkanes) is 1. The molecule has 0 aromatic carbocycles. The van der Waals surface area contributed by atoms with Gasteiger partial charge in [-0.3, -0.25) is 0 Å². The van der Waals surface area contributed by atoms with E-state index in [1.165, 1.54) is 70.6 Å². The molecule has 0 nitrogen and oxygen atoms in total. The molecule has 3 fully saturated rings. The van der Waals surface area contributed by atoms with Gasteiger partial charge in [-0.05, 0) is 86.6 Å². The van der Waals surface area contributed by atoms with Crippen LogP contribution in [0.2, 0.25) is 0 Å². The first-order valence-corrected chi connectivity index (χ1v) is 15.7. The van der Waals surface area contributed by atoms with Crippen molar-refractivity contribution in [3.63, 3.8) is 0 Å². The summed E-state index contributed by atoms with van der Waals surface area (Å²) in [4.78, 5) is 0. The molecule has 0 aromatic heterocycles. The standard InChI is InChI=1S/C27H49PS/c1-4-6-11-21(5-2)12-7-8-17-25-24(19-27(25)29)18-26(23-15-10-16-23)28(3)20-22-13-9-14-22/h7-8,21-27,29H,4-6,9-20H2,1-3H3/b8-7-. The van der Waals surface area contributed by atoms with E-state index in [4.69, 9.17) is 12.6 Å². The van der Waals surface area contributed by atoms with E-state index in [0.29, 0.717) is 5.25 Å². The molecule has 0 saturated heterocycles. The largest absolute Gasteiger partial charge is 0.176 e. The third-order valence-corrected chi connectivity index (χ3v) is 12.3. The van der Waals surface area contributed by atoms with Gasteiger partial charge in [0.05, 0.1) is 0 Å². The molecule has 0 N–H and O–H groups in total. The first-order valence-electron chi connectivity index (χ1n) is 13.2. The lowest BCUT2D eigenvalue weighted by molar-refractivity contribution is 0.156. The maximum atomic E-state index is 4.96. The fraction of sp³-hybridized carbons (Fsp3) is 0.926. The van der Waals surface area contributed by atoms with Gasteiger partial charge in [0.15, 0.2) is 0 Å². The monoisotopic (exact) mass is 436 g/mol. The zero-order chi connectivity index (χ0) is 20.6. The summed E-state index contributed by atoms with van der Waals surface area (Å²) in [5.74, 6) is 4.94. The third kappa shape index (κ3) is 7.00. The summed E-state index contributed by atoms with van der Waals surface area (Å²) in [5.41, 5.74) is 1.08. The van der Waals surface area contributed by atoms with Gasteiger partial charge in [-0.1, -0.05) is 77.4 Å². The van der Waals surface area contributed by atoms with Gasteiger partial charge in [0.25, 0.3) is 0 Å². The minimum absolute atomic E-state index is 0.254. The van der Waals surface area contributed by atoms with E-state index >= 15 is 0 Å². The van der Waals surface area contributed by atoms with Crippen LogP contribution in [-0.4, -0.2) is 23.7 Å². The second kappa shape index (κ2) is 12.5. The molecule has 3 aliphatic carbocycles. The van der Waals surface area contributed by atoms with Crippen molar-refractivity contribution in [2.75, 3.05) is 12.8 Å². The normalized spacial score (nSPS) is 31.1. The van der Waals surface area contributed by atoms with Crippen LogP contribution in [0, 0.1) is 29.6 Å². The van der Waals surface area contributed by atoms with Crippen LogP contribution in [0.4, 0.5) is 0 Å². The van der Waals surface area contributed by atoms with Gasteiger partial charge in [0, 0.05) is 5.25 Å². The van der Waals surface area contributed by atoms with Crippen LogP contribution in [0.15, 0.2) is 12.2 Å². The molecule has 0 heterocycles. The Kier molecular flexibility index (Phi) is 10.4. The summed E-state index contributed by atoms with van der Waals surface area (Å²) < 4.78 is 0. The Labute approximate surface area is 189 Å². The van der Waals surface area contributed by atoms with Crippen molar-refractivity contribution in [1.29, 1.82) is 0 Å². The summed E-state index contributed by atoms with van der Waals surface area (Å²) in [6.07, 6.45) is 26.9. The van der Waals surface area contributed by atoms with E-state index in [1.807, 2.05) is 0 Å². The molecule has 0 bridgehead atoms. The highest BCUT2D eigenvalue weighted by atomic mass is 32.1. The van der Waals surface area contributed by atoms with Gasteiger partial charge in [0.1, 0.15) is 0 Å². The minimum atomic E-state index is 0.254. The Morgan fingerprint density at radius 3 is 2.38 bits per heavy atom. The Hall–Kier alpha value is 0.520. The molecule has 0 radical (unpaired) electrons. The Morgan fingerprint density at radius 1 is 1.07 bits per heavy atom. The summed E-state index contributed by atoms with van der Waals surface area (Å²) in [5, 5.41) is 0.670. The smallest absolute Gasteiger partial charge is 0.00534 e. The van der Waals surface area contributed by atoms with Crippen LogP contribution < -0.4 is 0 Å². The van der Waals surface area contributed by atoms with Gasteiger partial charge in [-0.2, -0.15) is 12.6 Å². The van der Waals surface area contributed by atoms with Crippen LogP contribution in [-0.2, 0) is 0 Å². The molecule has 6 atom stereocenters. The average Bonchev–Trinajstić information content (AvgIpc) is 2.63. The molecule has 168 valence electrons. The summed E-state index contributed by atoms with van der Waals surface area (Å²) >= 11 is 4.96. The topological polar surface area (TPSA) is 0 Å². The minimum Gasteiger partial charge on any atom is -0.176 e. The van der Waals surface area contributed by atoms with Gasteiger partial charge < -0.3 is 0 Å². The number of thiol groups is 1. The van der Waals surface area contributed by atoms with Gasteiger partial charge in [-0.15, -0.1) is 7.92 Å². The maximum Gasteiger partial charge on any atom is 0.00534 e. The second-order valence-corrected chi connectivity index (χ2v) is 14.0. The predicted octanol–water partition coefficient (Wildman–Crippen LogP) is 8.94. The van der Waals surface area contributed by atoms with E-state index in [1.54, 1.807) is 25.4 Å². The van der Waals surface area contributed by atoms with E-state index in [9.17, 15) is 0 Å². The second-order valence-electron chi connectivity index (χ2n) is 10.8. The van der Waals surface area contributed by atoms with Crippen molar-refractivity contribution in [3.05, 3.63) is 12.2 Å². The molecule has 2 heteroatoms. The molecular formula is C27H49PS. The van der Waals surface area contributed by atoms with Crippen molar-refractivity contribution in [2.45, 2.75) is 115 Å². The molecule has 3 saturated carbocycles. The SMILES string of the molecule is CCCCC(CC)C/C=C\CC1C(S)CC1CC(C1CCC1)P(C)CC1CCC1. The van der Waals surface area contributed by atoms with E-state index < -0.39 is 0 Å². The van der Waals surface area contributed by atoms with Crippen LogP contribution in [0.1, 0.15) is 104 Å². The van der Waals surface area contributed by atoms with Crippen molar-refractivity contribution < 1.29 is 0 Å². The van der Waals surface area contributed by atoms with Gasteiger partial charge in [0.2, 0.25) is 0 Å². The van der Waals surface area contributed by atoms with Gasteiger partial charge >= 0.3 is 0 Å². The average molecular weight is 437 g/mol. The van der Waals surface area contributed by atoms with Crippen LogP contribution in [0.5, 0.6) is 0 Å². The molecular weight excluding hydrogens is 387 g/mol.